The molecule has 4 atom stereocenters. The third-order valence-electron chi connectivity index (χ3n) is 5.26. The third-order valence-corrected chi connectivity index (χ3v) is 5.26. The first-order chi connectivity index (χ1) is 13.3. The first-order valence-electron chi connectivity index (χ1n) is 9.08. The molecule has 0 spiro atoms. The average Bonchev–Trinajstić information content (AvgIpc) is 3.05. The molecule has 6 heteroatoms. The minimum atomic E-state index is -2.09. The van der Waals surface area contributed by atoms with Crippen LogP contribution < -0.4 is 0 Å². The molecule has 2 N–H and O–H groups in total. The molecule has 0 amide bonds. The van der Waals surface area contributed by atoms with Gasteiger partial charge >= 0.3 is 0 Å². The molecule has 28 heavy (non-hydrogen) atoms. The molecule has 6 nitrogen and oxygen atoms in total. The predicted octanol–water partition coefficient (Wildman–Crippen LogP) is 2.22. The minimum absolute atomic E-state index is 0.181. The van der Waals surface area contributed by atoms with Crippen LogP contribution in [0, 0.1) is 13.8 Å². The molecule has 1 fully saturated rings. The molecule has 0 unspecified atom stereocenters. The van der Waals surface area contributed by atoms with Gasteiger partial charge in [0.15, 0.2) is 23.5 Å². The number of aliphatic hydroxyl groups excluding tert-OH is 1. The van der Waals surface area contributed by atoms with E-state index in [-0.39, 0.29) is 6.42 Å². The van der Waals surface area contributed by atoms with Gasteiger partial charge in [-0.3, -0.25) is 9.59 Å². The number of aryl methyl sites for hydroxylation is 2. The Balaban J connectivity index is 1.98. The summed E-state index contributed by atoms with van der Waals surface area (Å²) in [5.74, 6) is -1.22. The first-order valence-corrected chi connectivity index (χ1v) is 9.08. The van der Waals surface area contributed by atoms with Gasteiger partial charge in [0.05, 0.1) is 0 Å². The SMILES string of the molecule is CO[C@H]1C[C@@](O)(C(=O)c2ccccc2C)[C@@H]([C@@H](O)C(=O)c2ccccc2C)O1. The van der Waals surface area contributed by atoms with Crippen molar-refractivity contribution in [2.24, 2.45) is 0 Å². The Kier molecular flexibility index (Phi) is 5.76. The molecule has 148 valence electrons. The number of rotatable bonds is 6. The lowest BCUT2D eigenvalue weighted by atomic mass is 9.81. The van der Waals surface area contributed by atoms with E-state index in [4.69, 9.17) is 9.47 Å². The van der Waals surface area contributed by atoms with E-state index in [0.717, 1.165) is 0 Å². The van der Waals surface area contributed by atoms with Crippen LogP contribution in [-0.2, 0) is 9.47 Å². The number of Topliss-reactive ketones (excluding diaryl/α,β-unsaturated/α-hetero) is 2. The summed E-state index contributed by atoms with van der Waals surface area (Å²) < 4.78 is 10.7. The topological polar surface area (TPSA) is 93.1 Å². The van der Waals surface area contributed by atoms with Crippen molar-refractivity contribution in [1.82, 2.24) is 0 Å². The van der Waals surface area contributed by atoms with E-state index < -0.39 is 35.7 Å². The van der Waals surface area contributed by atoms with Gasteiger partial charge in [-0.2, -0.15) is 0 Å². The third kappa shape index (κ3) is 3.52. The molecular weight excluding hydrogens is 360 g/mol. The highest BCUT2D eigenvalue weighted by atomic mass is 16.7. The number of carbonyl (C=O) groups excluding carboxylic acids is 2. The van der Waals surface area contributed by atoms with Gasteiger partial charge in [-0.1, -0.05) is 48.5 Å². The van der Waals surface area contributed by atoms with Crippen molar-refractivity contribution < 1.29 is 29.3 Å². The number of methoxy groups -OCH3 is 1. The van der Waals surface area contributed by atoms with Gasteiger partial charge in [-0.25, -0.2) is 0 Å². The molecule has 0 saturated carbocycles. The maximum Gasteiger partial charge on any atom is 0.197 e. The molecule has 0 aliphatic carbocycles. The number of carbonyl (C=O) groups is 2. The van der Waals surface area contributed by atoms with E-state index in [1.807, 2.05) is 0 Å². The van der Waals surface area contributed by atoms with Crippen molar-refractivity contribution >= 4 is 11.6 Å². The van der Waals surface area contributed by atoms with E-state index in [1.165, 1.54) is 7.11 Å². The van der Waals surface area contributed by atoms with Crippen molar-refractivity contribution in [3.05, 3.63) is 70.8 Å². The molecule has 2 aromatic rings. The highest BCUT2D eigenvalue weighted by Crippen LogP contribution is 2.37. The van der Waals surface area contributed by atoms with Gasteiger partial charge in [0, 0.05) is 24.7 Å². The Morgan fingerprint density at radius 3 is 2.14 bits per heavy atom. The van der Waals surface area contributed by atoms with Crippen molar-refractivity contribution in [2.45, 2.75) is 44.4 Å². The fourth-order valence-corrected chi connectivity index (χ4v) is 3.60. The van der Waals surface area contributed by atoms with Gasteiger partial charge in [0.2, 0.25) is 0 Å². The Morgan fingerprint density at radius 1 is 1.07 bits per heavy atom. The van der Waals surface area contributed by atoms with Crippen LogP contribution in [0.15, 0.2) is 48.5 Å². The Hall–Kier alpha value is -2.38. The van der Waals surface area contributed by atoms with E-state index in [1.54, 1.807) is 62.4 Å². The van der Waals surface area contributed by atoms with Gasteiger partial charge < -0.3 is 19.7 Å². The molecule has 0 bridgehead atoms. The highest BCUT2D eigenvalue weighted by Gasteiger charge is 2.57. The summed E-state index contributed by atoms with van der Waals surface area (Å²) in [6.07, 6.45) is -4.27. The predicted molar refractivity (Wildman–Crippen MR) is 102 cm³/mol. The second-order valence-corrected chi connectivity index (χ2v) is 7.12. The zero-order valence-corrected chi connectivity index (χ0v) is 16.1. The second kappa shape index (κ2) is 7.93. The monoisotopic (exact) mass is 384 g/mol. The maximum atomic E-state index is 13.2. The summed E-state index contributed by atoms with van der Waals surface area (Å²) in [5.41, 5.74) is -0.109. The van der Waals surface area contributed by atoms with Crippen LogP contribution >= 0.6 is 0 Å². The van der Waals surface area contributed by atoms with Gasteiger partial charge in [0.1, 0.15) is 12.2 Å². The smallest absolute Gasteiger partial charge is 0.197 e. The zero-order chi connectivity index (χ0) is 20.5. The number of ether oxygens (including phenoxy) is 2. The van der Waals surface area contributed by atoms with Crippen LogP contribution in [0.25, 0.3) is 0 Å². The van der Waals surface area contributed by atoms with Crippen LogP contribution in [0.2, 0.25) is 0 Å². The lowest BCUT2D eigenvalue weighted by Crippen LogP contribution is -2.54. The van der Waals surface area contributed by atoms with Crippen molar-refractivity contribution in [3.63, 3.8) is 0 Å². The van der Waals surface area contributed by atoms with Gasteiger partial charge in [-0.15, -0.1) is 0 Å². The number of hydrogen-bond acceptors (Lipinski definition) is 6. The molecule has 2 aromatic carbocycles. The van der Waals surface area contributed by atoms with Crippen LogP contribution in [0.1, 0.15) is 38.3 Å². The fraction of sp³-hybridized carbons (Fsp3) is 0.364. The molecule has 1 aliphatic rings. The molecule has 1 heterocycles. The Labute approximate surface area is 163 Å². The van der Waals surface area contributed by atoms with E-state index in [2.05, 4.69) is 0 Å². The molecule has 1 aliphatic heterocycles. The van der Waals surface area contributed by atoms with Gasteiger partial charge in [-0.05, 0) is 25.0 Å². The highest BCUT2D eigenvalue weighted by molar-refractivity contribution is 6.06. The van der Waals surface area contributed by atoms with Crippen LogP contribution in [0.4, 0.5) is 0 Å². The molecular formula is C22H24O6. The van der Waals surface area contributed by atoms with Gasteiger partial charge in [0.25, 0.3) is 0 Å². The molecule has 0 aromatic heterocycles. The van der Waals surface area contributed by atoms with Crippen LogP contribution in [0.5, 0.6) is 0 Å². The normalized spacial score (nSPS) is 25.5. The van der Waals surface area contributed by atoms with Crippen molar-refractivity contribution in [3.8, 4) is 0 Å². The Bertz CT molecular complexity index is 892. The fourth-order valence-electron chi connectivity index (χ4n) is 3.60. The summed E-state index contributed by atoms with van der Waals surface area (Å²) in [6, 6.07) is 13.6. The minimum Gasteiger partial charge on any atom is -0.382 e. The second-order valence-electron chi connectivity index (χ2n) is 7.12. The number of benzene rings is 2. The number of hydrogen-bond donors (Lipinski definition) is 2. The Morgan fingerprint density at radius 2 is 1.61 bits per heavy atom. The van der Waals surface area contributed by atoms with Crippen LogP contribution in [0.3, 0.4) is 0 Å². The molecule has 3 rings (SSSR count). The van der Waals surface area contributed by atoms with Crippen molar-refractivity contribution in [1.29, 1.82) is 0 Å². The number of aliphatic hydroxyl groups is 2. The standard InChI is InChI=1S/C22H24O6/c1-13-8-4-6-10-15(13)18(23)19(24)21-22(26,12-17(27-3)28-21)20(25)16-11-7-5-9-14(16)2/h4-11,17,19,21,24,26H,12H2,1-3H3/t17-,19+,21-,22-/m1/s1. The summed E-state index contributed by atoms with van der Waals surface area (Å²) in [5, 5.41) is 22.0. The molecule has 1 saturated heterocycles. The maximum absolute atomic E-state index is 13.2. The van der Waals surface area contributed by atoms with Crippen molar-refractivity contribution in [2.75, 3.05) is 7.11 Å². The largest absolute Gasteiger partial charge is 0.382 e. The summed E-state index contributed by atoms with van der Waals surface area (Å²) in [6.45, 7) is 3.50. The molecule has 0 radical (unpaired) electrons. The summed E-state index contributed by atoms with van der Waals surface area (Å²) >= 11 is 0. The summed E-state index contributed by atoms with van der Waals surface area (Å²) in [7, 11) is 1.38. The van der Waals surface area contributed by atoms with Crippen LogP contribution in [-0.4, -0.2) is 53.0 Å². The zero-order valence-electron chi connectivity index (χ0n) is 16.1. The first kappa shape index (κ1) is 20.4. The number of ketones is 2. The quantitative estimate of drug-likeness (QED) is 0.742. The average molecular weight is 384 g/mol. The van der Waals surface area contributed by atoms with E-state index in [0.29, 0.717) is 22.3 Å². The van der Waals surface area contributed by atoms with E-state index >= 15 is 0 Å². The lowest BCUT2D eigenvalue weighted by molar-refractivity contribution is -0.143. The lowest BCUT2D eigenvalue weighted by Gasteiger charge is -2.30. The van der Waals surface area contributed by atoms with E-state index in [9.17, 15) is 19.8 Å². The summed E-state index contributed by atoms with van der Waals surface area (Å²) in [4.78, 5) is 26.1.